The lowest BCUT2D eigenvalue weighted by atomic mass is 10.1. The van der Waals surface area contributed by atoms with Crippen LogP contribution < -0.4 is 9.64 Å². The molecule has 0 spiro atoms. The second-order valence-corrected chi connectivity index (χ2v) is 9.55. The number of phenols is 1. The minimum Gasteiger partial charge on any atom is -0.504 e. The van der Waals surface area contributed by atoms with Crippen LogP contribution in [0.2, 0.25) is 0 Å². The number of methoxy groups -OCH3 is 1. The Hall–Kier alpha value is -1.93. The summed E-state index contributed by atoms with van der Waals surface area (Å²) in [7, 11) is -9.17. The largest absolute Gasteiger partial charge is 0.504 e. The van der Waals surface area contributed by atoms with Gasteiger partial charge in [-0.3, -0.25) is 9.13 Å². The summed E-state index contributed by atoms with van der Waals surface area (Å²) in [6.07, 6.45) is 1.33. The Kier molecular flexibility index (Phi) is 6.32. The van der Waals surface area contributed by atoms with E-state index in [0.29, 0.717) is 11.1 Å². The molecule has 2 rings (SSSR count). The molecular weight excluding hydrogens is 398 g/mol. The fraction of sp³-hybridized carbons (Fsp3) is 0.267. The van der Waals surface area contributed by atoms with Gasteiger partial charge >= 0.3 is 15.2 Å². The smallest absolute Gasteiger partial charge is 0.360 e. The van der Waals surface area contributed by atoms with Crippen LogP contribution >= 0.6 is 15.2 Å². The molecule has 0 aliphatic heterocycles. The molecule has 0 aliphatic carbocycles. The predicted octanol–water partition coefficient (Wildman–Crippen LogP) is 1.75. The predicted molar refractivity (Wildman–Crippen MR) is 97.7 cm³/mol. The van der Waals surface area contributed by atoms with Crippen molar-refractivity contribution < 1.29 is 38.5 Å². The molecule has 0 radical (unpaired) electrons. The molecular formula is C15H20N2O8P2. The molecule has 0 amide bonds. The monoisotopic (exact) mass is 418 g/mol. The van der Waals surface area contributed by atoms with E-state index in [1.54, 1.807) is 13.0 Å². The number of nitrogens with zero attached hydrogens (tertiary/aromatic N) is 2. The highest BCUT2D eigenvalue weighted by Crippen LogP contribution is 2.61. The van der Waals surface area contributed by atoms with Gasteiger partial charge in [0.15, 0.2) is 11.5 Å². The number of anilines is 1. The quantitative estimate of drug-likeness (QED) is 0.419. The molecule has 148 valence electrons. The van der Waals surface area contributed by atoms with E-state index < -0.39 is 20.7 Å². The first kappa shape index (κ1) is 21.4. The molecule has 0 fully saturated rings. The summed E-state index contributed by atoms with van der Waals surface area (Å²) in [5, 5.41) is 9.94. The van der Waals surface area contributed by atoms with Gasteiger partial charge in [0.25, 0.3) is 0 Å². The van der Waals surface area contributed by atoms with Crippen LogP contribution in [0.15, 0.2) is 36.5 Å². The first-order chi connectivity index (χ1) is 12.4. The van der Waals surface area contributed by atoms with Crippen molar-refractivity contribution >= 4 is 21.0 Å². The minimum atomic E-state index is -5.25. The maximum absolute atomic E-state index is 11.9. The van der Waals surface area contributed by atoms with Crippen molar-refractivity contribution in [2.24, 2.45) is 0 Å². The third-order valence-electron chi connectivity index (χ3n) is 3.72. The number of hydrogen-bond donors (Lipinski definition) is 5. The van der Waals surface area contributed by atoms with Gasteiger partial charge < -0.3 is 34.3 Å². The lowest BCUT2D eigenvalue weighted by Crippen LogP contribution is -2.35. The molecule has 0 unspecified atom stereocenters. The highest BCUT2D eigenvalue weighted by molar-refractivity contribution is 7.71. The van der Waals surface area contributed by atoms with Crippen molar-refractivity contribution in [2.75, 3.05) is 12.0 Å². The van der Waals surface area contributed by atoms with Crippen molar-refractivity contribution in [1.82, 2.24) is 4.98 Å². The lowest BCUT2D eigenvalue weighted by molar-refractivity contribution is 0.335. The number of aromatic nitrogens is 1. The van der Waals surface area contributed by atoms with E-state index in [2.05, 4.69) is 4.98 Å². The highest BCUT2D eigenvalue weighted by Gasteiger charge is 2.48. The zero-order valence-electron chi connectivity index (χ0n) is 14.5. The van der Waals surface area contributed by atoms with Gasteiger partial charge in [-0.25, -0.2) is 4.98 Å². The van der Waals surface area contributed by atoms with E-state index in [1.807, 2.05) is 0 Å². The number of benzene rings is 1. The van der Waals surface area contributed by atoms with Gasteiger partial charge in [0, 0.05) is 12.7 Å². The SMILES string of the molecule is COc1cc(CN(c2ccccn2)C(P(=O)(O)O)P(=O)(O)O)cc(C)c1O. The van der Waals surface area contributed by atoms with Crippen molar-refractivity contribution in [2.45, 2.75) is 19.0 Å². The summed E-state index contributed by atoms with van der Waals surface area (Å²) in [5.41, 5.74) is -1.59. The average molecular weight is 418 g/mol. The van der Waals surface area contributed by atoms with E-state index >= 15 is 0 Å². The zero-order chi connectivity index (χ0) is 20.4. The number of aryl methyl sites for hydroxylation is 1. The van der Waals surface area contributed by atoms with Crippen LogP contribution in [0.25, 0.3) is 0 Å². The number of hydrogen-bond acceptors (Lipinski definition) is 6. The van der Waals surface area contributed by atoms with Crippen LogP contribution in [-0.2, 0) is 15.7 Å². The summed E-state index contributed by atoms with van der Waals surface area (Å²) in [6, 6.07) is 7.38. The standard InChI is InChI=1S/C15H20N2O8P2/c1-10-7-11(8-12(25-2)14(10)18)9-17(13-5-3-4-6-16-13)15(26(19,20)21)27(22,23)24/h3-8,15,18H,9H2,1-2H3,(H2,19,20,21)(H2,22,23,24). The van der Waals surface area contributed by atoms with Gasteiger partial charge in [-0.1, -0.05) is 12.1 Å². The molecule has 12 heteroatoms. The third kappa shape index (κ3) is 5.07. The molecule has 10 nitrogen and oxygen atoms in total. The van der Waals surface area contributed by atoms with Gasteiger partial charge in [-0.15, -0.1) is 0 Å². The van der Waals surface area contributed by atoms with Crippen molar-refractivity contribution in [3.05, 3.63) is 47.7 Å². The normalized spacial score (nSPS) is 12.3. The average Bonchev–Trinajstić information content (AvgIpc) is 2.55. The maximum Gasteiger partial charge on any atom is 0.360 e. The molecule has 0 aliphatic rings. The molecule has 1 aromatic heterocycles. The number of phenolic OH excluding ortho intramolecular Hbond substituents is 1. The van der Waals surface area contributed by atoms with Crippen LogP contribution in [0.1, 0.15) is 11.1 Å². The van der Waals surface area contributed by atoms with E-state index in [4.69, 9.17) is 4.74 Å². The minimum absolute atomic E-state index is 0.0288. The number of ether oxygens (including phenoxy) is 1. The third-order valence-corrected chi connectivity index (χ3v) is 7.29. The second kappa shape index (κ2) is 7.98. The van der Waals surface area contributed by atoms with Crippen molar-refractivity contribution in [1.29, 1.82) is 0 Å². The van der Waals surface area contributed by atoms with E-state index in [1.165, 1.54) is 37.6 Å². The fourth-order valence-corrected chi connectivity index (χ4v) is 5.32. The molecule has 5 N–H and O–H groups in total. The summed E-state index contributed by atoms with van der Waals surface area (Å²) >= 11 is 0. The Labute approximate surface area is 155 Å². The Morgan fingerprint density at radius 1 is 1.15 bits per heavy atom. The summed E-state index contributed by atoms with van der Waals surface area (Å²) in [5.74, 6) is -0.0131. The molecule has 1 heterocycles. The molecule has 0 saturated heterocycles. The fourth-order valence-electron chi connectivity index (χ4n) is 2.63. The van der Waals surface area contributed by atoms with Gasteiger partial charge in [0.2, 0.25) is 5.52 Å². The van der Waals surface area contributed by atoms with Gasteiger partial charge in [0.1, 0.15) is 5.82 Å². The number of rotatable bonds is 7. The molecule has 0 atom stereocenters. The van der Waals surface area contributed by atoms with Gasteiger partial charge in [0.05, 0.1) is 7.11 Å². The summed E-state index contributed by atoms with van der Waals surface area (Å²) in [6.45, 7) is 1.30. The molecule has 27 heavy (non-hydrogen) atoms. The first-order valence-electron chi connectivity index (χ1n) is 7.59. The Morgan fingerprint density at radius 2 is 1.78 bits per heavy atom. The molecule has 2 aromatic rings. The molecule has 1 aromatic carbocycles. The van der Waals surface area contributed by atoms with E-state index in [9.17, 15) is 33.8 Å². The Morgan fingerprint density at radius 3 is 2.26 bits per heavy atom. The Balaban J connectivity index is 2.60. The van der Waals surface area contributed by atoms with Gasteiger partial charge in [-0.2, -0.15) is 0 Å². The topological polar surface area (TPSA) is 161 Å². The Bertz CT molecular complexity index is 874. The van der Waals surface area contributed by atoms with E-state index in [0.717, 1.165) is 4.90 Å². The summed E-state index contributed by atoms with van der Waals surface area (Å²) in [4.78, 5) is 43.2. The van der Waals surface area contributed by atoms with Crippen LogP contribution in [0.3, 0.4) is 0 Å². The lowest BCUT2D eigenvalue weighted by Gasteiger charge is -2.33. The zero-order valence-corrected chi connectivity index (χ0v) is 16.3. The summed E-state index contributed by atoms with van der Waals surface area (Å²) < 4.78 is 28.8. The van der Waals surface area contributed by atoms with Crippen LogP contribution in [-0.4, -0.2) is 42.3 Å². The second-order valence-electron chi connectivity index (χ2n) is 5.80. The van der Waals surface area contributed by atoms with Crippen molar-refractivity contribution in [3.8, 4) is 11.5 Å². The van der Waals surface area contributed by atoms with Gasteiger partial charge in [-0.05, 0) is 36.2 Å². The highest BCUT2D eigenvalue weighted by atomic mass is 31.2. The number of aromatic hydroxyl groups is 1. The van der Waals surface area contributed by atoms with Crippen LogP contribution in [0, 0.1) is 6.92 Å². The van der Waals surface area contributed by atoms with Crippen LogP contribution in [0.5, 0.6) is 11.5 Å². The number of pyridine rings is 1. The van der Waals surface area contributed by atoms with Crippen molar-refractivity contribution in [3.63, 3.8) is 0 Å². The molecule has 0 saturated carbocycles. The van der Waals surface area contributed by atoms with Crippen LogP contribution in [0.4, 0.5) is 5.82 Å². The molecule has 0 bridgehead atoms. The first-order valence-corrected chi connectivity index (χ1v) is 11.0. The van der Waals surface area contributed by atoms with E-state index in [-0.39, 0.29) is 23.9 Å². The maximum atomic E-state index is 11.9.